The van der Waals surface area contributed by atoms with E-state index in [9.17, 15) is 9.59 Å². The highest BCUT2D eigenvalue weighted by molar-refractivity contribution is 6.05. The zero-order valence-electron chi connectivity index (χ0n) is 10.9. The van der Waals surface area contributed by atoms with Crippen molar-refractivity contribution in [2.75, 3.05) is 13.1 Å². The molecule has 3 heterocycles. The Kier molecular flexibility index (Phi) is 2.44. The molecule has 102 valence electrons. The number of carbonyl (C=O) groups is 2. The molecule has 2 saturated heterocycles. The quantitative estimate of drug-likeness (QED) is 0.795. The molecule has 0 bridgehead atoms. The second-order valence-corrected chi connectivity index (χ2v) is 5.62. The molecule has 1 aromatic heterocycles. The molecule has 0 aliphatic carbocycles. The van der Waals surface area contributed by atoms with Gasteiger partial charge in [0.25, 0.3) is 0 Å². The summed E-state index contributed by atoms with van der Waals surface area (Å²) in [5.41, 5.74) is 2.34. The number of aromatic amines is 1. The van der Waals surface area contributed by atoms with E-state index in [4.69, 9.17) is 0 Å². The second-order valence-electron chi connectivity index (χ2n) is 5.62. The fourth-order valence-electron chi connectivity index (χ4n) is 3.36. The number of fused-ring (bicyclic) bond motifs is 2. The molecule has 2 N–H and O–H groups in total. The number of amides is 2. The third kappa shape index (κ3) is 1.67. The molecule has 5 heteroatoms. The Balaban J connectivity index is 1.56. The maximum atomic E-state index is 11.7. The van der Waals surface area contributed by atoms with Gasteiger partial charge in [0.1, 0.15) is 0 Å². The van der Waals surface area contributed by atoms with Crippen LogP contribution in [0.2, 0.25) is 0 Å². The van der Waals surface area contributed by atoms with Crippen molar-refractivity contribution in [1.29, 1.82) is 0 Å². The number of rotatable bonds is 2. The number of imide groups is 1. The first kappa shape index (κ1) is 11.7. The molecule has 2 atom stereocenters. The number of likely N-dealkylation sites (tertiary alicyclic amines) is 1. The first-order valence-electron chi connectivity index (χ1n) is 6.84. The fourth-order valence-corrected chi connectivity index (χ4v) is 3.36. The van der Waals surface area contributed by atoms with Crippen molar-refractivity contribution in [3.8, 4) is 0 Å². The van der Waals surface area contributed by atoms with Crippen molar-refractivity contribution in [1.82, 2.24) is 15.2 Å². The molecule has 2 aromatic rings. The number of hydrogen-bond donors (Lipinski definition) is 2. The molecule has 4 rings (SSSR count). The molecule has 2 amide bonds. The Hall–Kier alpha value is -2.14. The Bertz CT molecular complexity index is 684. The number of hydrogen-bond acceptors (Lipinski definition) is 3. The topological polar surface area (TPSA) is 65.2 Å². The minimum absolute atomic E-state index is 0.110. The average Bonchev–Trinajstić information content (AvgIpc) is 3.10. The van der Waals surface area contributed by atoms with E-state index >= 15 is 0 Å². The SMILES string of the molecule is O=C1NC(=O)[C@@H]2CN(Cc3c[nH]c4ccccc34)C[C@H]12. The normalized spacial score (nSPS) is 26.2. The van der Waals surface area contributed by atoms with Crippen LogP contribution in [0.4, 0.5) is 0 Å². The molecule has 2 aliphatic rings. The van der Waals surface area contributed by atoms with Gasteiger partial charge in [0.2, 0.25) is 11.8 Å². The summed E-state index contributed by atoms with van der Waals surface area (Å²) in [6.45, 7) is 2.11. The molecule has 0 unspecified atom stereocenters. The summed E-state index contributed by atoms with van der Waals surface area (Å²) in [5.74, 6) is -0.539. The van der Waals surface area contributed by atoms with E-state index in [2.05, 4.69) is 27.3 Å². The van der Waals surface area contributed by atoms with Crippen LogP contribution < -0.4 is 5.32 Å². The first-order valence-corrected chi connectivity index (χ1v) is 6.84. The van der Waals surface area contributed by atoms with E-state index in [1.54, 1.807) is 0 Å². The summed E-state index contributed by atoms with van der Waals surface area (Å²) in [5, 5.41) is 3.63. The van der Waals surface area contributed by atoms with Crippen LogP contribution in [0.1, 0.15) is 5.56 Å². The van der Waals surface area contributed by atoms with E-state index < -0.39 is 0 Å². The fraction of sp³-hybridized carbons (Fsp3) is 0.333. The van der Waals surface area contributed by atoms with Crippen molar-refractivity contribution < 1.29 is 9.59 Å². The number of H-pyrrole nitrogens is 1. The summed E-state index contributed by atoms with van der Waals surface area (Å²) in [7, 11) is 0. The molecule has 1 aromatic carbocycles. The van der Waals surface area contributed by atoms with Crippen molar-refractivity contribution >= 4 is 22.7 Å². The minimum atomic E-state index is -0.160. The molecular weight excluding hydrogens is 254 g/mol. The number of nitrogens with one attached hydrogen (secondary N) is 2. The van der Waals surface area contributed by atoms with E-state index in [0.29, 0.717) is 13.1 Å². The smallest absolute Gasteiger partial charge is 0.231 e. The third-order valence-corrected chi connectivity index (χ3v) is 4.38. The van der Waals surface area contributed by atoms with Crippen LogP contribution in [0.5, 0.6) is 0 Å². The van der Waals surface area contributed by atoms with Crippen LogP contribution in [0.3, 0.4) is 0 Å². The zero-order valence-corrected chi connectivity index (χ0v) is 10.9. The van der Waals surface area contributed by atoms with Crippen LogP contribution in [-0.2, 0) is 16.1 Å². The average molecular weight is 269 g/mol. The molecule has 0 radical (unpaired) electrons. The van der Waals surface area contributed by atoms with E-state index in [1.165, 1.54) is 10.9 Å². The Morgan fingerprint density at radius 1 is 1.10 bits per heavy atom. The molecular formula is C15H15N3O2. The predicted octanol–water partition coefficient (Wildman–Crippen LogP) is 0.872. The lowest BCUT2D eigenvalue weighted by Gasteiger charge is -2.15. The molecule has 2 aliphatic heterocycles. The van der Waals surface area contributed by atoms with Gasteiger partial charge in [-0.1, -0.05) is 18.2 Å². The summed E-state index contributed by atoms with van der Waals surface area (Å²) in [6, 6.07) is 8.17. The Morgan fingerprint density at radius 3 is 2.55 bits per heavy atom. The highest BCUT2D eigenvalue weighted by atomic mass is 16.2. The largest absolute Gasteiger partial charge is 0.361 e. The Labute approximate surface area is 115 Å². The Morgan fingerprint density at radius 2 is 1.80 bits per heavy atom. The first-order chi connectivity index (χ1) is 9.72. The summed E-state index contributed by atoms with van der Waals surface area (Å²) in [6.07, 6.45) is 2.01. The monoisotopic (exact) mass is 269 g/mol. The summed E-state index contributed by atoms with van der Waals surface area (Å²) < 4.78 is 0. The zero-order chi connectivity index (χ0) is 13.7. The molecule has 0 saturated carbocycles. The van der Waals surface area contributed by atoms with Crippen LogP contribution in [0, 0.1) is 11.8 Å². The summed E-state index contributed by atoms with van der Waals surface area (Å²) >= 11 is 0. The van der Waals surface area contributed by atoms with Gasteiger partial charge in [0, 0.05) is 36.7 Å². The van der Waals surface area contributed by atoms with Gasteiger partial charge in [-0.15, -0.1) is 0 Å². The highest BCUT2D eigenvalue weighted by Crippen LogP contribution is 2.30. The predicted molar refractivity (Wildman–Crippen MR) is 73.7 cm³/mol. The molecule has 5 nitrogen and oxygen atoms in total. The van der Waals surface area contributed by atoms with Gasteiger partial charge in [-0.2, -0.15) is 0 Å². The molecule has 0 spiro atoms. The van der Waals surface area contributed by atoms with E-state index in [0.717, 1.165) is 12.1 Å². The lowest BCUT2D eigenvalue weighted by Crippen LogP contribution is -2.31. The standard InChI is InChI=1S/C15H15N3O2/c19-14-11-7-18(8-12(11)15(20)17-14)6-9-5-16-13-4-2-1-3-10(9)13/h1-5,11-12,16H,6-8H2,(H,17,19,20)/t11-,12+. The van der Waals surface area contributed by atoms with Crippen molar-refractivity contribution in [2.24, 2.45) is 11.8 Å². The second kappa shape index (κ2) is 4.18. The van der Waals surface area contributed by atoms with Crippen molar-refractivity contribution in [3.05, 3.63) is 36.0 Å². The van der Waals surface area contributed by atoms with E-state index in [1.807, 2.05) is 18.3 Å². The van der Waals surface area contributed by atoms with Crippen LogP contribution >= 0.6 is 0 Å². The van der Waals surface area contributed by atoms with Gasteiger partial charge in [-0.05, 0) is 11.6 Å². The molecule has 20 heavy (non-hydrogen) atoms. The minimum Gasteiger partial charge on any atom is -0.361 e. The number of nitrogens with zero attached hydrogens (tertiary/aromatic N) is 1. The van der Waals surface area contributed by atoms with Crippen LogP contribution in [0.25, 0.3) is 10.9 Å². The van der Waals surface area contributed by atoms with Gasteiger partial charge < -0.3 is 4.98 Å². The van der Waals surface area contributed by atoms with Gasteiger partial charge in [-0.3, -0.25) is 19.8 Å². The lowest BCUT2D eigenvalue weighted by atomic mass is 10.00. The maximum Gasteiger partial charge on any atom is 0.231 e. The lowest BCUT2D eigenvalue weighted by molar-refractivity contribution is -0.126. The van der Waals surface area contributed by atoms with Gasteiger partial charge in [0.15, 0.2) is 0 Å². The number of benzene rings is 1. The van der Waals surface area contributed by atoms with Crippen LogP contribution in [0.15, 0.2) is 30.5 Å². The van der Waals surface area contributed by atoms with Gasteiger partial charge in [0.05, 0.1) is 11.8 Å². The van der Waals surface area contributed by atoms with Crippen LogP contribution in [-0.4, -0.2) is 34.8 Å². The van der Waals surface area contributed by atoms with Crippen molar-refractivity contribution in [3.63, 3.8) is 0 Å². The third-order valence-electron chi connectivity index (χ3n) is 4.38. The molecule has 2 fully saturated rings. The summed E-state index contributed by atoms with van der Waals surface area (Å²) in [4.78, 5) is 28.8. The number of para-hydroxylation sites is 1. The number of carbonyl (C=O) groups excluding carboxylic acids is 2. The van der Waals surface area contributed by atoms with Gasteiger partial charge in [-0.25, -0.2) is 0 Å². The van der Waals surface area contributed by atoms with Gasteiger partial charge >= 0.3 is 0 Å². The highest BCUT2D eigenvalue weighted by Gasteiger charge is 2.47. The van der Waals surface area contributed by atoms with E-state index in [-0.39, 0.29) is 23.7 Å². The maximum absolute atomic E-state index is 11.7. The van der Waals surface area contributed by atoms with Crippen molar-refractivity contribution in [2.45, 2.75) is 6.54 Å². The number of aromatic nitrogens is 1.